The van der Waals surface area contributed by atoms with Gasteiger partial charge in [0.1, 0.15) is 0 Å². The molecular formula is C22H25N5OS. The first-order chi connectivity index (χ1) is 14.0. The van der Waals surface area contributed by atoms with E-state index in [0.29, 0.717) is 18.3 Å². The zero-order chi connectivity index (χ0) is 20.4. The number of nitrogens with zero attached hydrogens (tertiary/aromatic N) is 5. The van der Waals surface area contributed by atoms with Crippen molar-refractivity contribution in [2.24, 2.45) is 0 Å². The number of pyridine rings is 1. The van der Waals surface area contributed by atoms with Gasteiger partial charge in [-0.25, -0.2) is 0 Å². The molecule has 2 heterocycles. The molecule has 0 unspecified atom stereocenters. The summed E-state index contributed by atoms with van der Waals surface area (Å²) in [5, 5.41) is 9.56. The third-order valence-electron chi connectivity index (χ3n) is 5.15. The zero-order valence-electron chi connectivity index (χ0n) is 17.0. The van der Waals surface area contributed by atoms with Gasteiger partial charge in [-0.3, -0.25) is 14.3 Å². The van der Waals surface area contributed by atoms with Crippen molar-refractivity contribution < 1.29 is 4.79 Å². The summed E-state index contributed by atoms with van der Waals surface area (Å²) in [4.78, 5) is 18.7. The minimum absolute atomic E-state index is 0.0863. The Morgan fingerprint density at radius 1 is 1.24 bits per heavy atom. The first kappa shape index (κ1) is 19.6. The number of aromatic nitrogens is 4. The summed E-state index contributed by atoms with van der Waals surface area (Å²) < 4.78 is 2.17. The van der Waals surface area contributed by atoms with Crippen molar-refractivity contribution in [2.75, 3.05) is 12.8 Å². The minimum atomic E-state index is 0.0863. The van der Waals surface area contributed by atoms with E-state index in [4.69, 9.17) is 0 Å². The molecule has 1 fully saturated rings. The Kier molecular flexibility index (Phi) is 5.67. The predicted molar refractivity (Wildman–Crippen MR) is 115 cm³/mol. The second-order valence-electron chi connectivity index (χ2n) is 7.62. The predicted octanol–water partition coefficient (Wildman–Crippen LogP) is 4.04. The van der Waals surface area contributed by atoms with Crippen molar-refractivity contribution in [3.63, 3.8) is 0 Å². The van der Waals surface area contributed by atoms with Gasteiger partial charge >= 0.3 is 0 Å². The normalized spacial score (nSPS) is 13.5. The van der Waals surface area contributed by atoms with Gasteiger partial charge in [0, 0.05) is 37.6 Å². The first-order valence-electron chi connectivity index (χ1n) is 9.81. The van der Waals surface area contributed by atoms with E-state index < -0.39 is 0 Å². The van der Waals surface area contributed by atoms with Gasteiger partial charge in [-0.05, 0) is 49.9 Å². The van der Waals surface area contributed by atoms with Crippen LogP contribution in [0.3, 0.4) is 0 Å². The Bertz CT molecular complexity index is 1010. The van der Waals surface area contributed by atoms with E-state index in [-0.39, 0.29) is 5.91 Å². The number of rotatable bonds is 7. The van der Waals surface area contributed by atoms with Gasteiger partial charge in [-0.2, -0.15) is 0 Å². The highest BCUT2D eigenvalue weighted by molar-refractivity contribution is 7.99. The number of hydrogen-bond acceptors (Lipinski definition) is 5. The van der Waals surface area contributed by atoms with Gasteiger partial charge in [0.05, 0.1) is 5.75 Å². The summed E-state index contributed by atoms with van der Waals surface area (Å²) in [6.07, 6.45) is 5.81. The first-order valence-corrected chi connectivity index (χ1v) is 10.8. The lowest BCUT2D eigenvalue weighted by molar-refractivity contribution is -0.127. The van der Waals surface area contributed by atoms with Crippen LogP contribution in [-0.4, -0.2) is 43.4 Å². The maximum atomic E-state index is 12.7. The summed E-state index contributed by atoms with van der Waals surface area (Å²) in [6, 6.07) is 10.7. The lowest BCUT2D eigenvalue weighted by Gasteiger charge is -2.18. The second kappa shape index (κ2) is 8.37. The van der Waals surface area contributed by atoms with Gasteiger partial charge < -0.3 is 4.90 Å². The number of carbonyl (C=O) groups excluding carboxylic acids is 1. The topological polar surface area (TPSA) is 63.9 Å². The van der Waals surface area contributed by atoms with E-state index in [1.54, 1.807) is 17.3 Å². The van der Waals surface area contributed by atoms with Crippen molar-refractivity contribution >= 4 is 17.7 Å². The summed E-state index contributed by atoms with van der Waals surface area (Å²) in [7, 11) is 1.86. The molecule has 0 N–H and O–H groups in total. The molecule has 1 aliphatic rings. The van der Waals surface area contributed by atoms with E-state index >= 15 is 0 Å². The third kappa shape index (κ3) is 4.50. The highest BCUT2D eigenvalue weighted by Gasteiger charge is 2.30. The molecule has 150 valence electrons. The van der Waals surface area contributed by atoms with Gasteiger partial charge in [0.25, 0.3) is 0 Å². The van der Waals surface area contributed by atoms with Gasteiger partial charge in [-0.1, -0.05) is 35.5 Å². The van der Waals surface area contributed by atoms with Crippen LogP contribution in [0.25, 0.3) is 11.4 Å². The molecule has 0 aliphatic heterocycles. The molecule has 6 nitrogen and oxygen atoms in total. The fourth-order valence-corrected chi connectivity index (χ4v) is 4.28. The maximum absolute atomic E-state index is 12.7. The van der Waals surface area contributed by atoms with Crippen LogP contribution in [0.4, 0.5) is 0 Å². The molecule has 0 bridgehead atoms. The Morgan fingerprint density at radius 2 is 2.07 bits per heavy atom. The zero-order valence-corrected chi connectivity index (χ0v) is 17.8. The molecule has 1 aromatic carbocycles. The van der Waals surface area contributed by atoms with Crippen molar-refractivity contribution in [1.82, 2.24) is 24.6 Å². The van der Waals surface area contributed by atoms with Crippen molar-refractivity contribution in [1.29, 1.82) is 0 Å². The monoisotopic (exact) mass is 407 g/mol. The lowest BCUT2D eigenvalue weighted by atomic mass is 10.1. The molecule has 0 saturated heterocycles. The fraction of sp³-hybridized carbons (Fsp3) is 0.364. The van der Waals surface area contributed by atoms with Crippen molar-refractivity contribution in [3.05, 3.63) is 59.4 Å². The fourth-order valence-electron chi connectivity index (χ4n) is 3.33. The average molecular weight is 408 g/mol. The summed E-state index contributed by atoms with van der Waals surface area (Å²) >= 11 is 1.46. The van der Waals surface area contributed by atoms with Crippen LogP contribution < -0.4 is 0 Å². The summed E-state index contributed by atoms with van der Waals surface area (Å²) in [6.45, 7) is 4.79. The second-order valence-corrected chi connectivity index (χ2v) is 8.56. The Balaban J connectivity index is 1.43. The maximum Gasteiger partial charge on any atom is 0.233 e. The van der Waals surface area contributed by atoms with E-state index in [0.717, 1.165) is 29.4 Å². The van der Waals surface area contributed by atoms with Crippen LogP contribution in [0.5, 0.6) is 0 Å². The average Bonchev–Trinajstić information content (AvgIpc) is 3.47. The largest absolute Gasteiger partial charge is 0.341 e. The molecule has 1 amide bonds. The standard InChI is InChI=1S/C22H25N5OS/c1-15-6-7-18(16(2)11-15)13-26(3)20(28)14-29-22-25-24-21(27(22)19-8-9-19)17-5-4-10-23-12-17/h4-7,10-12,19H,8-9,13-14H2,1-3H3. The summed E-state index contributed by atoms with van der Waals surface area (Å²) in [5.41, 5.74) is 4.58. The van der Waals surface area contributed by atoms with Crippen LogP contribution in [-0.2, 0) is 11.3 Å². The number of benzene rings is 1. The molecule has 29 heavy (non-hydrogen) atoms. The number of amides is 1. The van der Waals surface area contributed by atoms with Crippen LogP contribution in [0.15, 0.2) is 47.9 Å². The van der Waals surface area contributed by atoms with Crippen LogP contribution in [0.1, 0.15) is 35.6 Å². The van der Waals surface area contributed by atoms with Crippen LogP contribution in [0, 0.1) is 13.8 Å². The third-order valence-corrected chi connectivity index (χ3v) is 6.08. The summed E-state index contributed by atoms with van der Waals surface area (Å²) in [5.74, 6) is 1.27. The molecule has 2 aromatic heterocycles. The SMILES string of the molecule is Cc1ccc(CN(C)C(=O)CSc2nnc(-c3cccnc3)n2C2CC2)c(C)c1. The molecule has 4 rings (SSSR count). The molecule has 1 saturated carbocycles. The molecule has 0 spiro atoms. The van der Waals surface area contributed by atoms with E-state index in [1.807, 2.05) is 19.2 Å². The molecular weight excluding hydrogens is 382 g/mol. The molecule has 0 atom stereocenters. The Morgan fingerprint density at radius 3 is 2.76 bits per heavy atom. The van der Waals surface area contributed by atoms with Gasteiger partial charge in [0.15, 0.2) is 11.0 Å². The van der Waals surface area contributed by atoms with Gasteiger partial charge in [-0.15, -0.1) is 10.2 Å². The van der Waals surface area contributed by atoms with Crippen molar-refractivity contribution in [3.8, 4) is 11.4 Å². The number of thioether (sulfide) groups is 1. The molecule has 7 heteroatoms. The Labute approximate surface area is 175 Å². The van der Waals surface area contributed by atoms with Crippen LogP contribution >= 0.6 is 11.8 Å². The van der Waals surface area contributed by atoms with E-state index in [1.165, 1.54) is 28.5 Å². The highest BCUT2D eigenvalue weighted by atomic mass is 32.2. The quantitative estimate of drug-likeness (QED) is 0.553. The molecule has 1 aliphatic carbocycles. The van der Waals surface area contributed by atoms with E-state index in [9.17, 15) is 4.79 Å². The number of carbonyl (C=O) groups is 1. The number of aryl methyl sites for hydroxylation is 2. The molecule has 0 radical (unpaired) electrons. The van der Waals surface area contributed by atoms with Crippen LogP contribution in [0.2, 0.25) is 0 Å². The van der Waals surface area contributed by atoms with E-state index in [2.05, 4.69) is 51.8 Å². The Hall–Kier alpha value is -2.67. The molecule has 3 aromatic rings. The minimum Gasteiger partial charge on any atom is -0.341 e. The number of hydrogen-bond donors (Lipinski definition) is 0. The highest BCUT2D eigenvalue weighted by Crippen LogP contribution is 2.40. The van der Waals surface area contributed by atoms with Gasteiger partial charge in [0.2, 0.25) is 5.91 Å². The smallest absolute Gasteiger partial charge is 0.233 e. The lowest BCUT2D eigenvalue weighted by Crippen LogP contribution is -2.28. The van der Waals surface area contributed by atoms with Crippen molar-refractivity contribution in [2.45, 2.75) is 44.4 Å².